The molecule has 0 unspecified atom stereocenters. The Balaban J connectivity index is 1.88. The van der Waals surface area contributed by atoms with E-state index in [2.05, 4.69) is 15.8 Å². The van der Waals surface area contributed by atoms with Crippen molar-refractivity contribution in [3.8, 4) is 0 Å². The minimum absolute atomic E-state index is 0.166. The predicted octanol–water partition coefficient (Wildman–Crippen LogP) is 3.03. The first kappa shape index (κ1) is 14.8. The molecule has 2 aromatic carbocycles. The van der Waals surface area contributed by atoms with Gasteiger partial charge in [0.05, 0.1) is 12.3 Å². The van der Waals surface area contributed by atoms with Crippen molar-refractivity contribution in [3.05, 3.63) is 66.2 Å². The lowest BCUT2D eigenvalue weighted by Gasteiger charge is -2.07. The maximum Gasteiger partial charge on any atom is 0.259 e. The van der Waals surface area contributed by atoms with Crippen LogP contribution in [0.1, 0.15) is 18.9 Å². The molecule has 4 heteroatoms. The van der Waals surface area contributed by atoms with Crippen molar-refractivity contribution in [1.82, 2.24) is 5.43 Å². The number of hydrogen-bond acceptors (Lipinski definition) is 3. The first-order valence-corrected chi connectivity index (χ1v) is 6.99. The zero-order valence-electron chi connectivity index (χ0n) is 12.0. The lowest BCUT2D eigenvalue weighted by molar-refractivity contribution is -0.119. The first-order valence-electron chi connectivity index (χ1n) is 6.99. The Morgan fingerprint density at radius 2 is 1.62 bits per heavy atom. The first-order chi connectivity index (χ1) is 10.3. The summed E-state index contributed by atoms with van der Waals surface area (Å²) in [4.78, 5) is 11.8. The molecule has 0 saturated carbocycles. The normalized spacial score (nSPS) is 11.0. The topological polar surface area (TPSA) is 53.5 Å². The molecule has 1 amide bonds. The quantitative estimate of drug-likeness (QED) is 0.631. The number of hydrazone groups is 1. The molecule has 2 aromatic rings. The van der Waals surface area contributed by atoms with E-state index in [1.807, 2.05) is 67.6 Å². The summed E-state index contributed by atoms with van der Waals surface area (Å²) in [5.74, 6) is -0.166. The molecule has 0 aliphatic carbocycles. The fourth-order valence-corrected chi connectivity index (χ4v) is 1.89. The number of nitrogens with one attached hydrogen (secondary N) is 2. The molecule has 2 rings (SSSR count). The van der Waals surface area contributed by atoms with E-state index in [9.17, 15) is 4.79 Å². The van der Waals surface area contributed by atoms with Gasteiger partial charge in [-0.3, -0.25) is 4.79 Å². The molecule has 0 aromatic heterocycles. The Bertz CT molecular complexity index is 594. The SMILES string of the molecule is CCC(=NNC(=O)CNc1ccccc1)c1ccccc1. The summed E-state index contributed by atoms with van der Waals surface area (Å²) in [6, 6.07) is 19.4. The van der Waals surface area contributed by atoms with Crippen molar-refractivity contribution >= 4 is 17.3 Å². The van der Waals surface area contributed by atoms with Gasteiger partial charge in [-0.15, -0.1) is 0 Å². The molecule has 0 atom stereocenters. The molecule has 21 heavy (non-hydrogen) atoms. The largest absolute Gasteiger partial charge is 0.376 e. The van der Waals surface area contributed by atoms with Crippen LogP contribution in [0.2, 0.25) is 0 Å². The van der Waals surface area contributed by atoms with Crippen molar-refractivity contribution in [2.75, 3.05) is 11.9 Å². The smallest absolute Gasteiger partial charge is 0.259 e. The molecule has 0 bridgehead atoms. The lowest BCUT2D eigenvalue weighted by atomic mass is 10.1. The maximum atomic E-state index is 11.8. The minimum atomic E-state index is -0.166. The van der Waals surface area contributed by atoms with Crippen molar-refractivity contribution < 1.29 is 4.79 Å². The highest BCUT2D eigenvalue weighted by molar-refractivity contribution is 6.00. The van der Waals surface area contributed by atoms with Crippen LogP contribution in [0.15, 0.2) is 65.8 Å². The van der Waals surface area contributed by atoms with E-state index in [4.69, 9.17) is 0 Å². The molecule has 0 spiro atoms. The Hall–Kier alpha value is -2.62. The lowest BCUT2D eigenvalue weighted by Crippen LogP contribution is -2.27. The van der Waals surface area contributed by atoms with Crippen LogP contribution in [-0.4, -0.2) is 18.2 Å². The van der Waals surface area contributed by atoms with Crippen LogP contribution >= 0.6 is 0 Å². The third-order valence-corrected chi connectivity index (χ3v) is 2.98. The van der Waals surface area contributed by atoms with Crippen LogP contribution in [0.25, 0.3) is 0 Å². The molecule has 0 saturated heterocycles. The van der Waals surface area contributed by atoms with Crippen molar-refractivity contribution in [2.45, 2.75) is 13.3 Å². The second-order valence-corrected chi connectivity index (χ2v) is 4.53. The number of amides is 1. The Labute approximate surface area is 124 Å². The van der Waals surface area contributed by atoms with Gasteiger partial charge < -0.3 is 5.32 Å². The number of carbonyl (C=O) groups is 1. The number of hydrogen-bond donors (Lipinski definition) is 2. The Morgan fingerprint density at radius 3 is 2.24 bits per heavy atom. The minimum Gasteiger partial charge on any atom is -0.376 e. The summed E-state index contributed by atoms with van der Waals surface area (Å²) in [6.45, 7) is 2.21. The van der Waals surface area contributed by atoms with Gasteiger partial charge in [-0.1, -0.05) is 55.5 Å². The highest BCUT2D eigenvalue weighted by Gasteiger charge is 2.03. The Kier molecular flexibility index (Phi) is 5.52. The number of carbonyl (C=O) groups excluding carboxylic acids is 1. The van der Waals surface area contributed by atoms with Gasteiger partial charge in [-0.2, -0.15) is 5.10 Å². The van der Waals surface area contributed by atoms with E-state index in [0.29, 0.717) is 0 Å². The van der Waals surface area contributed by atoms with Gasteiger partial charge in [0.2, 0.25) is 0 Å². The summed E-state index contributed by atoms with van der Waals surface area (Å²) in [7, 11) is 0. The van der Waals surface area contributed by atoms with Crippen LogP contribution in [0.4, 0.5) is 5.69 Å². The standard InChI is InChI=1S/C17H19N3O/c1-2-16(14-9-5-3-6-10-14)19-20-17(21)13-18-15-11-7-4-8-12-15/h3-12,18H,2,13H2,1H3,(H,20,21). The van der Waals surface area contributed by atoms with E-state index in [1.54, 1.807) is 0 Å². The summed E-state index contributed by atoms with van der Waals surface area (Å²) in [5.41, 5.74) is 5.39. The van der Waals surface area contributed by atoms with E-state index in [1.165, 1.54) is 0 Å². The molecule has 0 heterocycles. The van der Waals surface area contributed by atoms with Gasteiger partial charge in [0, 0.05) is 5.69 Å². The average Bonchev–Trinajstić information content (AvgIpc) is 2.55. The number of anilines is 1. The predicted molar refractivity (Wildman–Crippen MR) is 86.3 cm³/mol. The summed E-state index contributed by atoms with van der Waals surface area (Å²) in [5, 5.41) is 7.25. The summed E-state index contributed by atoms with van der Waals surface area (Å²) in [6.07, 6.45) is 0.760. The second kappa shape index (κ2) is 7.85. The van der Waals surface area contributed by atoms with Gasteiger partial charge in [0.1, 0.15) is 0 Å². The van der Waals surface area contributed by atoms with Crippen molar-refractivity contribution in [1.29, 1.82) is 0 Å². The second-order valence-electron chi connectivity index (χ2n) is 4.53. The molecule has 0 radical (unpaired) electrons. The molecule has 0 aliphatic rings. The third kappa shape index (κ3) is 4.76. The van der Waals surface area contributed by atoms with E-state index in [0.717, 1.165) is 23.4 Å². The zero-order chi connectivity index (χ0) is 14.9. The van der Waals surface area contributed by atoms with Gasteiger partial charge in [0.25, 0.3) is 5.91 Å². The van der Waals surface area contributed by atoms with E-state index in [-0.39, 0.29) is 12.5 Å². The van der Waals surface area contributed by atoms with Gasteiger partial charge in [-0.25, -0.2) is 5.43 Å². The molecule has 0 aliphatic heterocycles. The van der Waals surface area contributed by atoms with Crippen LogP contribution in [0.5, 0.6) is 0 Å². The van der Waals surface area contributed by atoms with Crippen LogP contribution in [0.3, 0.4) is 0 Å². The average molecular weight is 281 g/mol. The highest BCUT2D eigenvalue weighted by atomic mass is 16.2. The fourth-order valence-electron chi connectivity index (χ4n) is 1.89. The molecular formula is C17H19N3O. The third-order valence-electron chi connectivity index (χ3n) is 2.98. The van der Waals surface area contributed by atoms with Crippen LogP contribution < -0.4 is 10.7 Å². The molecule has 4 nitrogen and oxygen atoms in total. The van der Waals surface area contributed by atoms with Gasteiger partial charge >= 0.3 is 0 Å². The van der Waals surface area contributed by atoms with Crippen LogP contribution in [-0.2, 0) is 4.79 Å². The molecule has 2 N–H and O–H groups in total. The number of rotatable bonds is 6. The summed E-state index contributed by atoms with van der Waals surface area (Å²) < 4.78 is 0. The number of para-hydroxylation sites is 1. The summed E-state index contributed by atoms with van der Waals surface area (Å²) >= 11 is 0. The number of nitrogens with zero attached hydrogens (tertiary/aromatic N) is 1. The van der Waals surface area contributed by atoms with Gasteiger partial charge in [0.15, 0.2) is 0 Å². The molecule has 0 fully saturated rings. The van der Waals surface area contributed by atoms with Gasteiger partial charge in [-0.05, 0) is 24.1 Å². The molecule has 108 valence electrons. The zero-order valence-corrected chi connectivity index (χ0v) is 12.0. The van der Waals surface area contributed by atoms with Crippen LogP contribution in [0, 0.1) is 0 Å². The van der Waals surface area contributed by atoms with E-state index >= 15 is 0 Å². The molecular weight excluding hydrogens is 262 g/mol. The monoisotopic (exact) mass is 281 g/mol. The van der Waals surface area contributed by atoms with Crippen molar-refractivity contribution in [2.24, 2.45) is 5.10 Å². The fraction of sp³-hybridized carbons (Fsp3) is 0.176. The Morgan fingerprint density at radius 1 is 1.00 bits per heavy atom. The maximum absolute atomic E-state index is 11.8. The van der Waals surface area contributed by atoms with E-state index < -0.39 is 0 Å². The number of benzene rings is 2. The van der Waals surface area contributed by atoms with Crippen molar-refractivity contribution in [3.63, 3.8) is 0 Å². The highest BCUT2D eigenvalue weighted by Crippen LogP contribution is 2.04.